The van der Waals surface area contributed by atoms with E-state index in [-0.39, 0.29) is 0 Å². The Balaban J connectivity index is 1.28. The van der Waals surface area contributed by atoms with Gasteiger partial charge in [-0.1, -0.05) is 158 Å². The van der Waals surface area contributed by atoms with E-state index in [0.717, 1.165) is 17.1 Å². The van der Waals surface area contributed by atoms with E-state index in [9.17, 15) is 0 Å². The van der Waals surface area contributed by atoms with E-state index in [1.165, 1.54) is 65.7 Å². The Bertz CT molecular complexity index is 2610. The number of benzene rings is 9. The molecule has 0 saturated carbocycles. The first-order chi connectivity index (χ1) is 24.3. The van der Waals surface area contributed by atoms with Crippen LogP contribution in [0.25, 0.3) is 65.7 Å². The molecular formula is C48H33N. The van der Waals surface area contributed by atoms with Crippen LogP contribution in [0.15, 0.2) is 200 Å². The van der Waals surface area contributed by atoms with Crippen molar-refractivity contribution in [1.82, 2.24) is 0 Å². The minimum absolute atomic E-state index is 1.11. The predicted octanol–water partition coefficient (Wildman–Crippen LogP) is 13.6. The summed E-state index contributed by atoms with van der Waals surface area (Å²) in [5.74, 6) is 0. The van der Waals surface area contributed by atoms with Crippen LogP contribution in [0.5, 0.6) is 0 Å². The minimum atomic E-state index is 1.11. The highest BCUT2D eigenvalue weighted by Crippen LogP contribution is 2.44. The van der Waals surface area contributed by atoms with E-state index in [4.69, 9.17) is 0 Å². The molecule has 9 rings (SSSR count). The standard InChI is InChI=1S/C48H33N/c1-2-19-43(20-3-1)49(44-21-10-18-41(32-44)46-23-11-17-36-14-8-9-22-45(36)46)48-33-40(39-26-24-34-12-4-6-15-37(34)30-39)28-29-47(48)42-27-25-35-13-5-7-16-38(35)31-42/h1-33H. The van der Waals surface area contributed by atoms with E-state index in [2.05, 4.69) is 205 Å². The average Bonchev–Trinajstić information content (AvgIpc) is 3.18. The lowest BCUT2D eigenvalue weighted by Crippen LogP contribution is -2.11. The fourth-order valence-corrected chi connectivity index (χ4v) is 7.16. The number of nitrogens with zero attached hydrogens (tertiary/aromatic N) is 1. The number of hydrogen-bond acceptors (Lipinski definition) is 1. The van der Waals surface area contributed by atoms with Crippen molar-refractivity contribution in [2.45, 2.75) is 0 Å². The number of fused-ring (bicyclic) bond motifs is 3. The molecule has 0 unspecified atom stereocenters. The van der Waals surface area contributed by atoms with Crippen LogP contribution in [0.3, 0.4) is 0 Å². The summed E-state index contributed by atoms with van der Waals surface area (Å²) in [5.41, 5.74) is 10.5. The topological polar surface area (TPSA) is 3.24 Å². The summed E-state index contributed by atoms with van der Waals surface area (Å²) < 4.78 is 0. The highest BCUT2D eigenvalue weighted by molar-refractivity contribution is 5.99. The molecule has 0 fully saturated rings. The van der Waals surface area contributed by atoms with Crippen molar-refractivity contribution in [3.05, 3.63) is 200 Å². The van der Waals surface area contributed by atoms with Crippen LogP contribution in [0, 0.1) is 0 Å². The van der Waals surface area contributed by atoms with Gasteiger partial charge in [-0.2, -0.15) is 0 Å². The second-order valence-electron chi connectivity index (χ2n) is 12.6. The van der Waals surface area contributed by atoms with Crippen molar-refractivity contribution in [2.24, 2.45) is 0 Å². The monoisotopic (exact) mass is 623 g/mol. The SMILES string of the molecule is c1ccc(N(c2cccc(-c3cccc4ccccc34)c2)c2cc(-c3ccc4ccccc4c3)ccc2-c2ccc3ccccc3c2)cc1. The van der Waals surface area contributed by atoms with Gasteiger partial charge in [0.2, 0.25) is 0 Å². The molecule has 0 heterocycles. The molecule has 0 N–H and O–H groups in total. The molecule has 1 heteroatoms. The van der Waals surface area contributed by atoms with E-state index in [1.807, 2.05) is 0 Å². The first-order valence-corrected chi connectivity index (χ1v) is 16.8. The summed E-state index contributed by atoms with van der Waals surface area (Å²) in [6, 6.07) is 72.6. The van der Waals surface area contributed by atoms with E-state index < -0.39 is 0 Å². The molecule has 0 bridgehead atoms. The number of rotatable bonds is 6. The Labute approximate surface area is 287 Å². The highest BCUT2D eigenvalue weighted by Gasteiger charge is 2.20. The Kier molecular flexibility index (Phi) is 7.22. The van der Waals surface area contributed by atoms with Crippen molar-refractivity contribution in [1.29, 1.82) is 0 Å². The quantitative estimate of drug-likeness (QED) is 0.178. The minimum Gasteiger partial charge on any atom is -0.310 e. The maximum absolute atomic E-state index is 2.42. The van der Waals surface area contributed by atoms with Crippen LogP contribution >= 0.6 is 0 Å². The van der Waals surface area contributed by atoms with Crippen LogP contribution in [-0.2, 0) is 0 Å². The smallest absolute Gasteiger partial charge is 0.0546 e. The van der Waals surface area contributed by atoms with Crippen molar-refractivity contribution >= 4 is 49.4 Å². The molecule has 0 radical (unpaired) electrons. The van der Waals surface area contributed by atoms with Gasteiger partial charge < -0.3 is 4.90 Å². The Morgan fingerprint density at radius 1 is 0.265 bits per heavy atom. The molecule has 9 aromatic carbocycles. The third-order valence-electron chi connectivity index (χ3n) is 9.60. The molecular weight excluding hydrogens is 591 g/mol. The van der Waals surface area contributed by atoms with Crippen molar-refractivity contribution in [3.8, 4) is 33.4 Å². The van der Waals surface area contributed by atoms with Crippen LogP contribution in [0.2, 0.25) is 0 Å². The van der Waals surface area contributed by atoms with E-state index in [1.54, 1.807) is 0 Å². The van der Waals surface area contributed by atoms with Crippen LogP contribution in [0.4, 0.5) is 17.1 Å². The third-order valence-corrected chi connectivity index (χ3v) is 9.60. The summed E-state index contributed by atoms with van der Waals surface area (Å²) >= 11 is 0. The lowest BCUT2D eigenvalue weighted by atomic mass is 9.94. The molecule has 0 aromatic heterocycles. The van der Waals surface area contributed by atoms with Gasteiger partial charge in [0.05, 0.1) is 5.69 Å². The van der Waals surface area contributed by atoms with Crippen LogP contribution < -0.4 is 4.90 Å². The summed E-state index contributed by atoms with van der Waals surface area (Å²) in [7, 11) is 0. The molecule has 230 valence electrons. The van der Waals surface area contributed by atoms with Gasteiger partial charge in [-0.05, 0) is 103 Å². The van der Waals surface area contributed by atoms with Crippen molar-refractivity contribution in [2.75, 3.05) is 4.90 Å². The maximum atomic E-state index is 2.42. The zero-order valence-electron chi connectivity index (χ0n) is 27.0. The summed E-state index contributed by atoms with van der Waals surface area (Å²) in [5, 5.41) is 7.45. The molecule has 49 heavy (non-hydrogen) atoms. The van der Waals surface area contributed by atoms with Gasteiger partial charge in [-0.25, -0.2) is 0 Å². The van der Waals surface area contributed by atoms with E-state index >= 15 is 0 Å². The van der Waals surface area contributed by atoms with Crippen molar-refractivity contribution in [3.63, 3.8) is 0 Å². The van der Waals surface area contributed by atoms with Crippen molar-refractivity contribution < 1.29 is 0 Å². The van der Waals surface area contributed by atoms with Gasteiger partial charge in [0.15, 0.2) is 0 Å². The van der Waals surface area contributed by atoms with Gasteiger partial charge in [0.1, 0.15) is 0 Å². The number of anilines is 3. The average molecular weight is 624 g/mol. The van der Waals surface area contributed by atoms with Crippen LogP contribution in [-0.4, -0.2) is 0 Å². The molecule has 9 aromatic rings. The zero-order chi connectivity index (χ0) is 32.6. The van der Waals surface area contributed by atoms with Crippen LogP contribution in [0.1, 0.15) is 0 Å². The Morgan fingerprint density at radius 3 is 1.57 bits per heavy atom. The summed E-state index contributed by atoms with van der Waals surface area (Å²) in [4.78, 5) is 2.42. The third kappa shape index (κ3) is 5.42. The predicted molar refractivity (Wildman–Crippen MR) is 210 cm³/mol. The van der Waals surface area contributed by atoms with Gasteiger partial charge in [0, 0.05) is 16.9 Å². The first kappa shape index (κ1) is 28.8. The number of para-hydroxylation sites is 1. The Hall–Kier alpha value is -6.44. The second kappa shape index (κ2) is 12.3. The van der Waals surface area contributed by atoms with E-state index in [0.29, 0.717) is 0 Å². The lowest BCUT2D eigenvalue weighted by Gasteiger charge is -2.29. The van der Waals surface area contributed by atoms with Gasteiger partial charge in [-0.15, -0.1) is 0 Å². The molecule has 0 aliphatic heterocycles. The molecule has 0 saturated heterocycles. The zero-order valence-corrected chi connectivity index (χ0v) is 27.0. The highest BCUT2D eigenvalue weighted by atomic mass is 15.1. The first-order valence-electron chi connectivity index (χ1n) is 16.8. The molecule has 0 amide bonds. The van der Waals surface area contributed by atoms with Gasteiger partial charge >= 0.3 is 0 Å². The van der Waals surface area contributed by atoms with Gasteiger partial charge in [-0.3, -0.25) is 0 Å². The summed E-state index contributed by atoms with van der Waals surface area (Å²) in [6.07, 6.45) is 0. The normalized spacial score (nSPS) is 11.3. The molecule has 0 aliphatic carbocycles. The van der Waals surface area contributed by atoms with Gasteiger partial charge in [0.25, 0.3) is 0 Å². The fourth-order valence-electron chi connectivity index (χ4n) is 7.16. The lowest BCUT2D eigenvalue weighted by molar-refractivity contribution is 1.28. The summed E-state index contributed by atoms with van der Waals surface area (Å²) in [6.45, 7) is 0. The molecule has 0 aliphatic rings. The second-order valence-corrected chi connectivity index (χ2v) is 12.6. The molecule has 1 nitrogen and oxygen atoms in total. The maximum Gasteiger partial charge on any atom is 0.0546 e. The Morgan fingerprint density at radius 2 is 0.796 bits per heavy atom. The largest absolute Gasteiger partial charge is 0.310 e. The molecule has 0 spiro atoms. The molecule has 0 atom stereocenters. The number of hydrogen-bond donors (Lipinski definition) is 0. The fraction of sp³-hybridized carbons (Fsp3) is 0.